The van der Waals surface area contributed by atoms with E-state index in [1.165, 1.54) is 0 Å². The first kappa shape index (κ1) is 15.0. The van der Waals surface area contributed by atoms with Crippen LogP contribution >= 0.6 is 0 Å². The third-order valence-electron chi connectivity index (χ3n) is 3.17. The molecule has 0 bridgehead atoms. The SMILES string of the molecule is CC/C=C\Cn1ncc2c(N)c(C(=O)OCC)c(C)nc21. The molecule has 2 heterocycles. The smallest absolute Gasteiger partial charge is 0.342 e. The number of aryl methyl sites for hydroxylation is 1. The fourth-order valence-electron chi connectivity index (χ4n) is 2.17. The van der Waals surface area contributed by atoms with Crippen molar-refractivity contribution in [3.8, 4) is 0 Å². The van der Waals surface area contributed by atoms with Crippen LogP contribution in [0.1, 0.15) is 36.3 Å². The van der Waals surface area contributed by atoms with E-state index < -0.39 is 5.97 Å². The predicted octanol–water partition coefficient (Wildman–Crippen LogP) is 2.46. The molecular weight excluding hydrogens is 268 g/mol. The number of nitrogen functional groups attached to an aromatic ring is 1. The maximum atomic E-state index is 12.0. The Balaban J connectivity index is 2.49. The van der Waals surface area contributed by atoms with E-state index in [1.54, 1.807) is 24.7 Å². The second-order valence-corrected chi connectivity index (χ2v) is 4.65. The van der Waals surface area contributed by atoms with Gasteiger partial charge in [-0.2, -0.15) is 5.10 Å². The molecule has 2 aromatic heterocycles. The molecule has 0 spiro atoms. The van der Waals surface area contributed by atoms with Crippen molar-refractivity contribution in [2.24, 2.45) is 0 Å². The number of ether oxygens (including phenoxy) is 1. The van der Waals surface area contributed by atoms with Gasteiger partial charge in [-0.3, -0.25) is 0 Å². The number of nitrogens with zero attached hydrogens (tertiary/aromatic N) is 3. The van der Waals surface area contributed by atoms with Gasteiger partial charge in [0.05, 0.1) is 36.1 Å². The van der Waals surface area contributed by atoms with Crippen molar-refractivity contribution >= 4 is 22.7 Å². The van der Waals surface area contributed by atoms with Crippen LogP contribution in [0, 0.1) is 6.92 Å². The lowest BCUT2D eigenvalue weighted by molar-refractivity contribution is 0.0526. The third kappa shape index (κ3) is 2.89. The number of fused-ring (bicyclic) bond motifs is 1. The molecule has 0 aliphatic heterocycles. The Labute approximate surface area is 123 Å². The summed E-state index contributed by atoms with van der Waals surface area (Å²) in [5, 5.41) is 4.96. The van der Waals surface area contributed by atoms with Gasteiger partial charge in [-0.15, -0.1) is 0 Å². The van der Waals surface area contributed by atoms with Crippen molar-refractivity contribution in [1.29, 1.82) is 0 Å². The molecule has 0 saturated heterocycles. The van der Waals surface area contributed by atoms with E-state index in [9.17, 15) is 4.79 Å². The number of carbonyl (C=O) groups excluding carboxylic acids is 1. The van der Waals surface area contributed by atoms with Crippen LogP contribution in [-0.4, -0.2) is 27.3 Å². The second-order valence-electron chi connectivity index (χ2n) is 4.65. The van der Waals surface area contributed by atoms with E-state index in [4.69, 9.17) is 10.5 Å². The fraction of sp³-hybridized carbons (Fsp3) is 0.400. The van der Waals surface area contributed by atoms with Gasteiger partial charge < -0.3 is 10.5 Å². The first-order chi connectivity index (χ1) is 10.1. The van der Waals surface area contributed by atoms with Gasteiger partial charge in [0.25, 0.3) is 0 Å². The molecule has 0 aliphatic carbocycles. The first-order valence-electron chi connectivity index (χ1n) is 7.03. The maximum Gasteiger partial charge on any atom is 0.342 e. The summed E-state index contributed by atoms with van der Waals surface area (Å²) in [5.41, 5.74) is 8.05. The van der Waals surface area contributed by atoms with E-state index >= 15 is 0 Å². The number of pyridine rings is 1. The molecule has 2 N–H and O–H groups in total. The van der Waals surface area contributed by atoms with Crippen LogP contribution in [0.2, 0.25) is 0 Å². The standard InChI is InChI=1S/C15H20N4O2/c1-4-6-7-8-19-14-11(9-17-19)13(16)12(10(3)18-14)15(20)21-5-2/h6-7,9H,4-5,8H2,1-3H3,(H2,16,18)/b7-6-. The molecule has 0 atom stereocenters. The van der Waals surface area contributed by atoms with Gasteiger partial charge in [-0.05, 0) is 20.3 Å². The van der Waals surface area contributed by atoms with Crippen LogP contribution in [0.3, 0.4) is 0 Å². The molecule has 6 nitrogen and oxygen atoms in total. The maximum absolute atomic E-state index is 12.0. The van der Waals surface area contributed by atoms with Gasteiger partial charge in [0.2, 0.25) is 0 Å². The van der Waals surface area contributed by atoms with E-state index in [0.29, 0.717) is 41.1 Å². The van der Waals surface area contributed by atoms with Crippen LogP contribution < -0.4 is 5.73 Å². The zero-order valence-electron chi connectivity index (χ0n) is 12.6. The summed E-state index contributed by atoms with van der Waals surface area (Å²) >= 11 is 0. The Bertz CT molecular complexity index is 689. The minimum absolute atomic E-state index is 0.302. The van der Waals surface area contributed by atoms with Gasteiger partial charge in [-0.1, -0.05) is 19.1 Å². The number of carbonyl (C=O) groups is 1. The molecule has 0 saturated carbocycles. The lowest BCUT2D eigenvalue weighted by atomic mass is 10.1. The molecule has 0 radical (unpaired) electrons. The van der Waals surface area contributed by atoms with Gasteiger partial charge in [-0.25, -0.2) is 14.5 Å². The summed E-state index contributed by atoms with van der Waals surface area (Å²) in [6, 6.07) is 0. The van der Waals surface area contributed by atoms with Crippen molar-refractivity contribution in [3.05, 3.63) is 29.6 Å². The number of anilines is 1. The van der Waals surface area contributed by atoms with E-state index in [-0.39, 0.29) is 0 Å². The highest BCUT2D eigenvalue weighted by atomic mass is 16.5. The highest BCUT2D eigenvalue weighted by Gasteiger charge is 2.20. The lowest BCUT2D eigenvalue weighted by Crippen LogP contribution is -2.12. The highest BCUT2D eigenvalue weighted by Crippen LogP contribution is 2.26. The van der Waals surface area contributed by atoms with Gasteiger partial charge in [0.1, 0.15) is 5.56 Å². The van der Waals surface area contributed by atoms with Crippen LogP contribution in [0.5, 0.6) is 0 Å². The summed E-state index contributed by atoms with van der Waals surface area (Å²) in [7, 11) is 0. The normalized spacial score (nSPS) is 11.4. The van der Waals surface area contributed by atoms with Gasteiger partial charge in [0.15, 0.2) is 5.65 Å². The molecule has 0 amide bonds. The Morgan fingerprint density at radius 3 is 2.86 bits per heavy atom. The zero-order chi connectivity index (χ0) is 15.4. The van der Waals surface area contributed by atoms with Crippen molar-refractivity contribution in [2.45, 2.75) is 33.7 Å². The van der Waals surface area contributed by atoms with E-state index in [1.807, 2.05) is 6.08 Å². The average molecular weight is 288 g/mol. The largest absolute Gasteiger partial charge is 0.462 e. The number of rotatable bonds is 5. The summed E-state index contributed by atoms with van der Waals surface area (Å²) < 4.78 is 6.79. The van der Waals surface area contributed by atoms with Crippen molar-refractivity contribution in [1.82, 2.24) is 14.8 Å². The molecule has 2 rings (SSSR count). The van der Waals surface area contributed by atoms with Crippen molar-refractivity contribution < 1.29 is 9.53 Å². The fourth-order valence-corrected chi connectivity index (χ4v) is 2.17. The van der Waals surface area contributed by atoms with Crippen molar-refractivity contribution in [2.75, 3.05) is 12.3 Å². The Hall–Kier alpha value is -2.37. The Kier molecular flexibility index (Phi) is 4.57. The lowest BCUT2D eigenvalue weighted by Gasteiger charge is -2.09. The Morgan fingerprint density at radius 2 is 2.19 bits per heavy atom. The van der Waals surface area contributed by atoms with Gasteiger partial charge >= 0.3 is 5.97 Å². The topological polar surface area (TPSA) is 83.0 Å². The number of aromatic nitrogens is 3. The van der Waals surface area contributed by atoms with E-state index in [0.717, 1.165) is 6.42 Å². The highest BCUT2D eigenvalue weighted by molar-refractivity contribution is 6.04. The number of hydrogen-bond donors (Lipinski definition) is 1. The molecule has 2 aromatic rings. The number of hydrogen-bond acceptors (Lipinski definition) is 5. The summed E-state index contributed by atoms with van der Waals surface area (Å²) in [6.45, 7) is 6.51. The predicted molar refractivity (Wildman–Crippen MR) is 82.1 cm³/mol. The number of allylic oxidation sites excluding steroid dienone is 2. The Morgan fingerprint density at radius 1 is 1.43 bits per heavy atom. The molecule has 112 valence electrons. The molecule has 21 heavy (non-hydrogen) atoms. The molecule has 0 aliphatic rings. The minimum atomic E-state index is -0.444. The zero-order valence-corrected chi connectivity index (χ0v) is 12.6. The molecule has 0 unspecified atom stereocenters. The molecule has 6 heteroatoms. The second kappa shape index (κ2) is 6.39. The summed E-state index contributed by atoms with van der Waals surface area (Å²) in [4.78, 5) is 16.4. The number of esters is 1. The van der Waals surface area contributed by atoms with Crippen LogP contribution in [0.15, 0.2) is 18.3 Å². The third-order valence-corrected chi connectivity index (χ3v) is 3.17. The molecular formula is C15H20N4O2. The quantitative estimate of drug-likeness (QED) is 0.675. The first-order valence-corrected chi connectivity index (χ1v) is 7.03. The molecule has 0 aromatic carbocycles. The van der Waals surface area contributed by atoms with Gasteiger partial charge in [0, 0.05) is 0 Å². The van der Waals surface area contributed by atoms with Crippen molar-refractivity contribution in [3.63, 3.8) is 0 Å². The summed E-state index contributed by atoms with van der Waals surface area (Å²) in [5.74, 6) is -0.444. The monoisotopic (exact) mass is 288 g/mol. The average Bonchev–Trinajstić information content (AvgIpc) is 2.83. The van der Waals surface area contributed by atoms with Crippen LogP contribution in [-0.2, 0) is 11.3 Å². The molecule has 0 fully saturated rings. The van der Waals surface area contributed by atoms with Crippen LogP contribution in [0.25, 0.3) is 11.0 Å². The summed E-state index contributed by atoms with van der Waals surface area (Å²) in [6.07, 6.45) is 6.70. The van der Waals surface area contributed by atoms with Crippen LogP contribution in [0.4, 0.5) is 5.69 Å². The minimum Gasteiger partial charge on any atom is -0.462 e. The van der Waals surface area contributed by atoms with E-state index in [2.05, 4.69) is 23.1 Å². The number of nitrogens with two attached hydrogens (primary N) is 1.